The van der Waals surface area contributed by atoms with Gasteiger partial charge >= 0.3 is 0 Å². The summed E-state index contributed by atoms with van der Waals surface area (Å²) >= 11 is 5.85. The lowest BCUT2D eigenvalue weighted by Crippen LogP contribution is -2.12. The maximum atomic E-state index is 5.91. The summed E-state index contributed by atoms with van der Waals surface area (Å²) in [6.45, 7) is 7.68. The fraction of sp³-hybridized carbons (Fsp3) is 0.294. The average Bonchev–Trinajstić information content (AvgIpc) is 2.44. The standard InChI is InChI=1S/C17H20ClNO/c1-12-4-5-13(2)17(14(12)3)20-11-10-19-16-8-6-15(18)7-9-16/h4-9,19H,10-11H2,1-3H3. The van der Waals surface area contributed by atoms with Crippen LogP contribution in [0.15, 0.2) is 36.4 Å². The third-order valence-corrected chi connectivity index (χ3v) is 3.65. The molecule has 0 aliphatic carbocycles. The number of rotatable bonds is 5. The Kier molecular flexibility index (Phi) is 4.91. The summed E-state index contributed by atoms with van der Waals surface area (Å²) in [6, 6.07) is 11.9. The van der Waals surface area contributed by atoms with E-state index in [1.165, 1.54) is 16.7 Å². The van der Waals surface area contributed by atoms with Crippen molar-refractivity contribution in [1.82, 2.24) is 0 Å². The molecule has 0 saturated heterocycles. The van der Waals surface area contributed by atoms with Crippen LogP contribution in [0.2, 0.25) is 5.02 Å². The number of hydrogen-bond donors (Lipinski definition) is 1. The van der Waals surface area contributed by atoms with Crippen LogP contribution >= 0.6 is 11.6 Å². The molecule has 0 heterocycles. The Labute approximate surface area is 125 Å². The van der Waals surface area contributed by atoms with Gasteiger partial charge in [-0.3, -0.25) is 0 Å². The average molecular weight is 290 g/mol. The van der Waals surface area contributed by atoms with Crippen molar-refractivity contribution in [2.24, 2.45) is 0 Å². The monoisotopic (exact) mass is 289 g/mol. The SMILES string of the molecule is Cc1ccc(C)c(OCCNc2ccc(Cl)cc2)c1C. The fourth-order valence-corrected chi connectivity index (χ4v) is 2.19. The molecule has 0 amide bonds. The lowest BCUT2D eigenvalue weighted by molar-refractivity contribution is 0.328. The van der Waals surface area contributed by atoms with Gasteiger partial charge in [0.2, 0.25) is 0 Å². The zero-order chi connectivity index (χ0) is 14.5. The van der Waals surface area contributed by atoms with Gasteiger partial charge < -0.3 is 10.1 Å². The first-order valence-electron chi connectivity index (χ1n) is 6.77. The molecule has 0 spiro atoms. The van der Waals surface area contributed by atoms with Crippen LogP contribution in [0.25, 0.3) is 0 Å². The van der Waals surface area contributed by atoms with Gasteiger partial charge in [0.25, 0.3) is 0 Å². The molecule has 0 aliphatic heterocycles. The molecule has 3 heteroatoms. The van der Waals surface area contributed by atoms with Crippen molar-refractivity contribution in [2.75, 3.05) is 18.5 Å². The molecule has 0 bridgehead atoms. The first-order valence-corrected chi connectivity index (χ1v) is 7.15. The molecular formula is C17H20ClNO. The Balaban J connectivity index is 1.87. The maximum Gasteiger partial charge on any atom is 0.125 e. The molecule has 0 radical (unpaired) electrons. The van der Waals surface area contributed by atoms with Gasteiger partial charge in [-0.1, -0.05) is 23.7 Å². The highest BCUT2D eigenvalue weighted by Crippen LogP contribution is 2.25. The van der Waals surface area contributed by atoms with Gasteiger partial charge in [-0.05, 0) is 61.7 Å². The summed E-state index contributed by atoms with van der Waals surface area (Å²) in [5, 5.41) is 4.06. The second-order valence-electron chi connectivity index (χ2n) is 4.94. The van der Waals surface area contributed by atoms with Gasteiger partial charge in [0.1, 0.15) is 12.4 Å². The van der Waals surface area contributed by atoms with Crippen LogP contribution in [-0.2, 0) is 0 Å². The van der Waals surface area contributed by atoms with E-state index >= 15 is 0 Å². The summed E-state index contributed by atoms with van der Waals surface area (Å²) in [5.41, 5.74) is 4.71. The molecule has 2 nitrogen and oxygen atoms in total. The second kappa shape index (κ2) is 6.67. The molecule has 0 aliphatic rings. The predicted molar refractivity (Wildman–Crippen MR) is 86.1 cm³/mol. The molecule has 2 aromatic carbocycles. The third kappa shape index (κ3) is 3.67. The molecule has 2 aromatic rings. The maximum absolute atomic E-state index is 5.91. The Morgan fingerprint density at radius 3 is 2.30 bits per heavy atom. The zero-order valence-electron chi connectivity index (χ0n) is 12.2. The molecule has 2 rings (SSSR count). The third-order valence-electron chi connectivity index (χ3n) is 3.40. The van der Waals surface area contributed by atoms with Gasteiger partial charge in [0, 0.05) is 17.3 Å². The van der Waals surface area contributed by atoms with Crippen LogP contribution in [0.5, 0.6) is 5.75 Å². The van der Waals surface area contributed by atoms with Crippen molar-refractivity contribution in [1.29, 1.82) is 0 Å². The molecular weight excluding hydrogens is 270 g/mol. The van der Waals surface area contributed by atoms with Gasteiger partial charge in [-0.25, -0.2) is 0 Å². The Morgan fingerprint density at radius 1 is 0.950 bits per heavy atom. The highest BCUT2D eigenvalue weighted by Gasteiger charge is 2.05. The lowest BCUT2D eigenvalue weighted by Gasteiger charge is -2.14. The second-order valence-corrected chi connectivity index (χ2v) is 5.37. The number of ether oxygens (including phenoxy) is 1. The first-order chi connectivity index (χ1) is 9.58. The van der Waals surface area contributed by atoms with E-state index in [9.17, 15) is 0 Å². The number of nitrogens with one attached hydrogen (secondary N) is 1. The lowest BCUT2D eigenvalue weighted by atomic mass is 10.1. The smallest absolute Gasteiger partial charge is 0.125 e. The number of anilines is 1. The van der Waals surface area contributed by atoms with E-state index in [4.69, 9.17) is 16.3 Å². The van der Waals surface area contributed by atoms with E-state index in [1.807, 2.05) is 24.3 Å². The molecule has 1 N–H and O–H groups in total. The van der Waals surface area contributed by atoms with E-state index in [1.54, 1.807) is 0 Å². The van der Waals surface area contributed by atoms with Crippen molar-refractivity contribution in [2.45, 2.75) is 20.8 Å². The molecule has 106 valence electrons. The van der Waals surface area contributed by atoms with Gasteiger partial charge in [0.15, 0.2) is 0 Å². The minimum absolute atomic E-state index is 0.633. The highest BCUT2D eigenvalue weighted by molar-refractivity contribution is 6.30. The van der Waals surface area contributed by atoms with E-state index in [0.717, 1.165) is 23.0 Å². The molecule has 0 unspecified atom stereocenters. The van der Waals surface area contributed by atoms with Gasteiger partial charge in [-0.15, -0.1) is 0 Å². The summed E-state index contributed by atoms with van der Waals surface area (Å²) < 4.78 is 5.91. The molecule has 20 heavy (non-hydrogen) atoms. The highest BCUT2D eigenvalue weighted by atomic mass is 35.5. The van der Waals surface area contributed by atoms with Gasteiger partial charge in [-0.2, -0.15) is 0 Å². The summed E-state index contributed by atoms with van der Waals surface area (Å²) in [6.07, 6.45) is 0. The number of benzene rings is 2. The number of aryl methyl sites for hydroxylation is 2. The quantitative estimate of drug-likeness (QED) is 0.802. The first kappa shape index (κ1) is 14.7. The summed E-state index contributed by atoms with van der Waals surface area (Å²) in [7, 11) is 0. The number of halogens is 1. The van der Waals surface area contributed by atoms with Crippen LogP contribution < -0.4 is 10.1 Å². The minimum Gasteiger partial charge on any atom is -0.491 e. The normalized spacial score (nSPS) is 10.4. The van der Waals surface area contributed by atoms with Crippen molar-refractivity contribution in [3.05, 3.63) is 58.1 Å². The van der Waals surface area contributed by atoms with Crippen LogP contribution in [0.3, 0.4) is 0 Å². The van der Waals surface area contributed by atoms with E-state index in [2.05, 4.69) is 38.2 Å². The molecule has 0 aromatic heterocycles. The largest absolute Gasteiger partial charge is 0.491 e. The summed E-state index contributed by atoms with van der Waals surface area (Å²) in [5.74, 6) is 1.00. The van der Waals surface area contributed by atoms with Crippen molar-refractivity contribution in [3.63, 3.8) is 0 Å². The molecule has 0 fully saturated rings. The van der Waals surface area contributed by atoms with Gasteiger partial charge in [0.05, 0.1) is 0 Å². The Hall–Kier alpha value is -1.67. The zero-order valence-corrected chi connectivity index (χ0v) is 12.9. The molecule has 0 atom stereocenters. The Bertz CT molecular complexity index is 578. The van der Waals surface area contributed by atoms with Crippen LogP contribution in [0, 0.1) is 20.8 Å². The van der Waals surface area contributed by atoms with Crippen LogP contribution in [0.4, 0.5) is 5.69 Å². The fourth-order valence-electron chi connectivity index (χ4n) is 2.06. The van der Waals surface area contributed by atoms with Crippen molar-refractivity contribution in [3.8, 4) is 5.75 Å². The minimum atomic E-state index is 0.633. The molecule has 0 saturated carbocycles. The number of hydrogen-bond acceptors (Lipinski definition) is 2. The van der Waals surface area contributed by atoms with Crippen LogP contribution in [0.1, 0.15) is 16.7 Å². The Morgan fingerprint density at radius 2 is 1.60 bits per heavy atom. The van der Waals surface area contributed by atoms with Crippen LogP contribution in [-0.4, -0.2) is 13.2 Å². The predicted octanol–water partition coefficient (Wildman–Crippen LogP) is 4.76. The van der Waals surface area contributed by atoms with E-state index in [0.29, 0.717) is 6.61 Å². The van der Waals surface area contributed by atoms with E-state index < -0.39 is 0 Å². The summed E-state index contributed by atoms with van der Waals surface area (Å²) in [4.78, 5) is 0. The topological polar surface area (TPSA) is 21.3 Å². The van der Waals surface area contributed by atoms with E-state index in [-0.39, 0.29) is 0 Å². The van der Waals surface area contributed by atoms with Crippen molar-refractivity contribution >= 4 is 17.3 Å². The van der Waals surface area contributed by atoms with Crippen molar-refractivity contribution < 1.29 is 4.74 Å².